The Morgan fingerprint density at radius 2 is 2.35 bits per heavy atom. The molecule has 0 radical (unpaired) electrons. The molecule has 1 fully saturated rings. The third-order valence-corrected chi connectivity index (χ3v) is 4.32. The molecule has 0 N–H and O–H groups in total. The van der Waals surface area contributed by atoms with Crippen LogP contribution in [-0.2, 0) is 16.1 Å². The van der Waals surface area contributed by atoms with Gasteiger partial charge in [0, 0.05) is 50.3 Å². The molecule has 20 heavy (non-hydrogen) atoms. The Hall–Kier alpha value is -1.82. The average molecular weight is 289 g/mol. The van der Waals surface area contributed by atoms with Crippen LogP contribution in [0.4, 0.5) is 0 Å². The highest BCUT2D eigenvalue weighted by Crippen LogP contribution is 2.25. The average Bonchev–Trinajstić information content (AvgIpc) is 2.96. The van der Waals surface area contributed by atoms with Crippen molar-refractivity contribution in [2.75, 3.05) is 6.54 Å². The lowest BCUT2D eigenvalue weighted by atomic mass is 10.2. The second-order valence-electron chi connectivity index (χ2n) is 4.94. The van der Waals surface area contributed by atoms with Crippen LogP contribution in [0.2, 0.25) is 0 Å². The molecule has 5 nitrogen and oxygen atoms in total. The van der Waals surface area contributed by atoms with Gasteiger partial charge in [0.25, 0.3) is 0 Å². The molecule has 1 saturated heterocycles. The summed E-state index contributed by atoms with van der Waals surface area (Å²) in [6.07, 6.45) is 6.08. The van der Waals surface area contributed by atoms with E-state index in [4.69, 9.17) is 0 Å². The maximum absolute atomic E-state index is 12.0. The lowest BCUT2D eigenvalue weighted by molar-refractivity contribution is -0.128. The largest absolute Gasteiger partial charge is 0.337 e. The maximum atomic E-state index is 12.0. The number of aromatic nitrogens is 2. The van der Waals surface area contributed by atoms with Crippen molar-refractivity contribution in [2.45, 2.75) is 25.1 Å². The van der Waals surface area contributed by atoms with Gasteiger partial charge >= 0.3 is 0 Å². The van der Waals surface area contributed by atoms with Crippen LogP contribution in [0.1, 0.15) is 18.9 Å². The Morgan fingerprint density at radius 3 is 3.15 bits per heavy atom. The summed E-state index contributed by atoms with van der Waals surface area (Å²) >= 11 is 1.27. The number of carbonyl (C=O) groups is 2. The lowest BCUT2D eigenvalue weighted by Crippen LogP contribution is -2.25. The molecule has 2 aromatic rings. The Labute approximate surface area is 121 Å². The molecule has 1 amide bonds. The molecule has 1 aliphatic heterocycles. The summed E-state index contributed by atoms with van der Waals surface area (Å²) in [5.74, 6) is 0.120. The van der Waals surface area contributed by atoms with E-state index in [0.29, 0.717) is 19.5 Å². The van der Waals surface area contributed by atoms with E-state index in [1.54, 1.807) is 13.1 Å². The summed E-state index contributed by atoms with van der Waals surface area (Å²) in [5.41, 5.74) is 1.96. The zero-order valence-electron chi connectivity index (χ0n) is 11.2. The molecular weight excluding hydrogens is 274 g/mol. The SMILES string of the molecule is CC(=O)SC1CC(=O)N(Cc2ccc3nccn3c2)C1. The van der Waals surface area contributed by atoms with Crippen molar-refractivity contribution < 1.29 is 9.59 Å². The normalized spacial score (nSPS) is 18.9. The van der Waals surface area contributed by atoms with E-state index in [0.717, 1.165) is 11.2 Å². The zero-order chi connectivity index (χ0) is 14.1. The quantitative estimate of drug-likeness (QED) is 0.863. The van der Waals surface area contributed by atoms with E-state index in [1.165, 1.54) is 11.8 Å². The van der Waals surface area contributed by atoms with Gasteiger partial charge in [0.15, 0.2) is 5.12 Å². The van der Waals surface area contributed by atoms with Crippen molar-refractivity contribution in [2.24, 2.45) is 0 Å². The minimum absolute atomic E-state index is 0.0736. The number of hydrogen-bond acceptors (Lipinski definition) is 4. The van der Waals surface area contributed by atoms with E-state index in [-0.39, 0.29) is 16.3 Å². The number of fused-ring (bicyclic) bond motifs is 1. The number of nitrogens with zero attached hydrogens (tertiary/aromatic N) is 3. The fourth-order valence-electron chi connectivity index (χ4n) is 2.48. The van der Waals surface area contributed by atoms with Crippen LogP contribution in [0, 0.1) is 0 Å². The molecule has 104 valence electrons. The fourth-order valence-corrected chi connectivity index (χ4v) is 3.43. The molecule has 0 aliphatic carbocycles. The van der Waals surface area contributed by atoms with Gasteiger partial charge in [-0.1, -0.05) is 17.8 Å². The predicted molar refractivity (Wildman–Crippen MR) is 77.3 cm³/mol. The van der Waals surface area contributed by atoms with Gasteiger partial charge in [-0.3, -0.25) is 9.59 Å². The third-order valence-electron chi connectivity index (χ3n) is 3.34. The first-order chi connectivity index (χ1) is 9.61. The van der Waals surface area contributed by atoms with Crippen molar-refractivity contribution in [3.05, 3.63) is 36.3 Å². The minimum atomic E-state index is 0.0736. The third kappa shape index (κ3) is 2.70. The number of amides is 1. The molecule has 0 bridgehead atoms. The molecule has 2 aromatic heterocycles. The summed E-state index contributed by atoms with van der Waals surface area (Å²) in [6.45, 7) is 2.78. The number of pyridine rings is 1. The van der Waals surface area contributed by atoms with Gasteiger partial charge in [-0.25, -0.2) is 4.98 Å². The molecule has 3 heterocycles. The van der Waals surface area contributed by atoms with E-state index >= 15 is 0 Å². The molecule has 3 rings (SSSR count). The molecule has 1 unspecified atom stereocenters. The summed E-state index contributed by atoms with van der Waals surface area (Å²) in [7, 11) is 0. The number of hydrogen-bond donors (Lipinski definition) is 0. The van der Waals surface area contributed by atoms with Crippen LogP contribution in [0.25, 0.3) is 5.65 Å². The lowest BCUT2D eigenvalue weighted by Gasteiger charge is -2.16. The van der Waals surface area contributed by atoms with E-state index in [1.807, 2.05) is 33.8 Å². The topological polar surface area (TPSA) is 54.7 Å². The number of thioether (sulfide) groups is 1. The maximum Gasteiger partial charge on any atom is 0.224 e. The first-order valence-corrected chi connectivity index (χ1v) is 7.36. The molecule has 0 spiro atoms. The van der Waals surface area contributed by atoms with Gasteiger partial charge in [-0.05, 0) is 11.6 Å². The van der Waals surface area contributed by atoms with Gasteiger partial charge in [-0.15, -0.1) is 0 Å². The smallest absolute Gasteiger partial charge is 0.224 e. The van der Waals surface area contributed by atoms with Crippen molar-refractivity contribution in [1.29, 1.82) is 0 Å². The van der Waals surface area contributed by atoms with E-state index < -0.39 is 0 Å². The molecule has 6 heteroatoms. The van der Waals surface area contributed by atoms with E-state index in [9.17, 15) is 9.59 Å². The van der Waals surface area contributed by atoms with Crippen LogP contribution in [0.3, 0.4) is 0 Å². The Kier molecular flexibility index (Phi) is 3.48. The summed E-state index contributed by atoms with van der Waals surface area (Å²) in [6, 6.07) is 3.93. The van der Waals surface area contributed by atoms with Gasteiger partial charge in [-0.2, -0.15) is 0 Å². The fraction of sp³-hybridized carbons (Fsp3) is 0.357. The summed E-state index contributed by atoms with van der Waals surface area (Å²) in [4.78, 5) is 29.1. The van der Waals surface area contributed by atoms with Gasteiger partial charge < -0.3 is 9.30 Å². The second-order valence-corrected chi connectivity index (χ2v) is 6.42. The Morgan fingerprint density at radius 1 is 1.50 bits per heavy atom. The van der Waals surface area contributed by atoms with Gasteiger partial charge in [0.1, 0.15) is 5.65 Å². The second kappa shape index (κ2) is 5.28. The summed E-state index contributed by atoms with van der Waals surface area (Å²) < 4.78 is 1.94. The Balaban J connectivity index is 1.70. The highest BCUT2D eigenvalue weighted by Gasteiger charge is 2.30. The number of imidazole rings is 1. The van der Waals surface area contributed by atoms with Crippen LogP contribution < -0.4 is 0 Å². The van der Waals surface area contributed by atoms with Gasteiger partial charge in [0.05, 0.1) is 0 Å². The summed E-state index contributed by atoms with van der Waals surface area (Å²) in [5, 5.41) is 0.168. The molecule has 1 atom stereocenters. The van der Waals surface area contributed by atoms with Crippen molar-refractivity contribution in [3.63, 3.8) is 0 Å². The molecular formula is C14H15N3O2S. The number of rotatable bonds is 3. The van der Waals surface area contributed by atoms with Crippen molar-refractivity contribution >= 4 is 28.4 Å². The molecule has 1 aliphatic rings. The van der Waals surface area contributed by atoms with Gasteiger partial charge in [0.2, 0.25) is 5.91 Å². The van der Waals surface area contributed by atoms with Crippen molar-refractivity contribution in [3.8, 4) is 0 Å². The minimum Gasteiger partial charge on any atom is -0.337 e. The standard InChI is InChI=1S/C14H15N3O2S/c1-10(18)20-12-6-14(19)17(9-12)8-11-2-3-13-15-4-5-16(13)7-11/h2-5,7,12H,6,8-9H2,1H3. The first-order valence-electron chi connectivity index (χ1n) is 6.48. The van der Waals surface area contributed by atoms with Crippen LogP contribution in [0.15, 0.2) is 30.7 Å². The first kappa shape index (κ1) is 13.2. The monoisotopic (exact) mass is 289 g/mol. The van der Waals surface area contributed by atoms with Crippen LogP contribution in [-0.4, -0.2) is 37.1 Å². The molecule has 0 saturated carbocycles. The number of carbonyl (C=O) groups excluding carboxylic acids is 2. The zero-order valence-corrected chi connectivity index (χ0v) is 12.0. The van der Waals surface area contributed by atoms with E-state index in [2.05, 4.69) is 4.98 Å². The number of likely N-dealkylation sites (tertiary alicyclic amines) is 1. The highest BCUT2D eigenvalue weighted by molar-refractivity contribution is 8.14. The highest BCUT2D eigenvalue weighted by atomic mass is 32.2. The van der Waals surface area contributed by atoms with Crippen LogP contribution >= 0.6 is 11.8 Å². The van der Waals surface area contributed by atoms with Crippen LogP contribution in [0.5, 0.6) is 0 Å². The predicted octanol–water partition coefficient (Wildman–Crippen LogP) is 1.71. The van der Waals surface area contributed by atoms with Crippen molar-refractivity contribution in [1.82, 2.24) is 14.3 Å². The molecule has 0 aromatic carbocycles. The Bertz CT molecular complexity index is 667.